The molecule has 0 radical (unpaired) electrons. The van der Waals surface area contributed by atoms with Crippen LogP contribution >= 0.6 is 11.8 Å². The molecule has 0 unspecified atom stereocenters. The Labute approximate surface area is 126 Å². The van der Waals surface area contributed by atoms with E-state index in [0.29, 0.717) is 17.9 Å². The van der Waals surface area contributed by atoms with Crippen molar-refractivity contribution in [2.75, 3.05) is 11.1 Å². The highest BCUT2D eigenvalue weighted by molar-refractivity contribution is 7.99. The molecule has 1 aromatic carbocycles. The monoisotopic (exact) mass is 301 g/mol. The maximum absolute atomic E-state index is 13.0. The number of nitrogens with zero attached hydrogens (tertiary/aromatic N) is 2. The summed E-state index contributed by atoms with van der Waals surface area (Å²) >= 11 is 1.49. The van der Waals surface area contributed by atoms with Crippen molar-refractivity contribution in [1.29, 1.82) is 5.26 Å². The van der Waals surface area contributed by atoms with Gasteiger partial charge >= 0.3 is 0 Å². The number of halogens is 1. The molecule has 0 saturated heterocycles. The summed E-state index contributed by atoms with van der Waals surface area (Å²) in [5.74, 6) is -0.447. The Bertz CT molecular complexity index is 685. The fourth-order valence-electron chi connectivity index (χ4n) is 1.64. The highest BCUT2D eigenvalue weighted by atomic mass is 32.2. The van der Waals surface area contributed by atoms with Crippen LogP contribution in [0.5, 0.6) is 0 Å². The first-order chi connectivity index (χ1) is 10.2. The maximum atomic E-state index is 13.0. The molecule has 1 amide bonds. The minimum atomic E-state index is -0.695. The third-order valence-corrected chi connectivity index (χ3v) is 3.67. The lowest BCUT2D eigenvalue weighted by Crippen LogP contribution is -2.13. The number of hydrogen-bond acceptors (Lipinski definition) is 4. The third-order valence-electron chi connectivity index (χ3n) is 2.60. The summed E-state index contributed by atoms with van der Waals surface area (Å²) in [5, 5.41) is 11.3. The van der Waals surface area contributed by atoms with E-state index in [2.05, 4.69) is 16.4 Å². The topological polar surface area (TPSA) is 65.8 Å². The number of carbonyl (C=O) groups is 1. The molecular formula is C15H12FN3OS. The van der Waals surface area contributed by atoms with Gasteiger partial charge in [0, 0.05) is 34.9 Å². The second kappa shape index (κ2) is 7.41. The van der Waals surface area contributed by atoms with Crippen LogP contribution < -0.4 is 5.32 Å². The van der Waals surface area contributed by atoms with Gasteiger partial charge in [-0.25, -0.2) is 4.98 Å². The van der Waals surface area contributed by atoms with E-state index >= 15 is 0 Å². The molecule has 6 heteroatoms. The van der Waals surface area contributed by atoms with Gasteiger partial charge in [-0.05, 0) is 18.2 Å². The number of rotatable bonds is 5. The van der Waals surface area contributed by atoms with Crippen molar-refractivity contribution in [3.63, 3.8) is 0 Å². The van der Waals surface area contributed by atoms with Crippen LogP contribution in [0.3, 0.4) is 0 Å². The van der Waals surface area contributed by atoms with Crippen LogP contribution in [0.2, 0.25) is 0 Å². The van der Waals surface area contributed by atoms with E-state index in [1.165, 1.54) is 24.0 Å². The van der Waals surface area contributed by atoms with E-state index in [1.54, 1.807) is 12.1 Å². The predicted octanol–water partition coefficient (Wildman–Crippen LogP) is 3.48. The van der Waals surface area contributed by atoms with Crippen LogP contribution in [0.1, 0.15) is 16.8 Å². The van der Waals surface area contributed by atoms with E-state index < -0.39 is 11.9 Å². The van der Waals surface area contributed by atoms with Crippen LogP contribution in [0.15, 0.2) is 47.5 Å². The lowest BCUT2D eigenvalue weighted by Gasteiger charge is -2.10. The third kappa shape index (κ3) is 4.29. The fourth-order valence-corrected chi connectivity index (χ4v) is 2.50. The summed E-state index contributed by atoms with van der Waals surface area (Å²) in [5.41, 5.74) is 0.849. The van der Waals surface area contributed by atoms with E-state index in [-0.39, 0.29) is 5.56 Å². The van der Waals surface area contributed by atoms with Gasteiger partial charge in [0.25, 0.3) is 5.91 Å². The van der Waals surface area contributed by atoms with Gasteiger partial charge in [0.2, 0.25) is 5.95 Å². The molecule has 0 atom stereocenters. The Morgan fingerprint density at radius 1 is 1.38 bits per heavy atom. The van der Waals surface area contributed by atoms with E-state index in [1.807, 2.05) is 12.1 Å². The molecular weight excluding hydrogens is 289 g/mol. The lowest BCUT2D eigenvalue weighted by atomic mass is 10.2. The number of carbonyl (C=O) groups excluding carboxylic acids is 1. The Balaban J connectivity index is 2.12. The Hall–Kier alpha value is -2.39. The summed E-state index contributed by atoms with van der Waals surface area (Å²) in [4.78, 5) is 16.4. The fraction of sp³-hybridized carbons (Fsp3) is 0.133. The molecule has 0 bridgehead atoms. The molecule has 21 heavy (non-hydrogen) atoms. The number of pyridine rings is 1. The number of thioether (sulfide) groups is 1. The quantitative estimate of drug-likeness (QED) is 0.521. The van der Waals surface area contributed by atoms with Gasteiger partial charge in [0.15, 0.2) is 0 Å². The summed E-state index contributed by atoms with van der Waals surface area (Å²) < 4.78 is 13.0. The summed E-state index contributed by atoms with van der Waals surface area (Å²) in [6.07, 6.45) is 1.68. The van der Waals surface area contributed by atoms with Crippen molar-refractivity contribution in [2.24, 2.45) is 0 Å². The number of amides is 1. The van der Waals surface area contributed by atoms with Crippen molar-refractivity contribution < 1.29 is 9.18 Å². The molecule has 1 heterocycles. The molecule has 0 fully saturated rings. The number of nitrogens with one attached hydrogen (secondary N) is 1. The standard InChI is InChI=1S/C15H12FN3OS/c16-14-10-11(6-8-18-14)15(20)19-12-4-1-2-5-13(12)21-9-3-7-17/h1-2,4-6,8,10H,3,9H2,(H,19,20). The zero-order valence-electron chi connectivity index (χ0n) is 11.0. The van der Waals surface area contributed by atoms with Crippen LogP contribution in [0, 0.1) is 17.3 Å². The summed E-state index contributed by atoms with van der Waals surface area (Å²) in [6.45, 7) is 0. The lowest BCUT2D eigenvalue weighted by molar-refractivity contribution is 0.102. The van der Waals surface area contributed by atoms with Crippen LogP contribution in [-0.4, -0.2) is 16.6 Å². The van der Waals surface area contributed by atoms with Gasteiger partial charge in [0.1, 0.15) is 0 Å². The first-order valence-electron chi connectivity index (χ1n) is 6.22. The second-order valence-corrected chi connectivity index (χ2v) is 5.21. The minimum absolute atomic E-state index is 0.208. The van der Waals surface area contributed by atoms with E-state index in [4.69, 9.17) is 5.26 Å². The zero-order chi connectivity index (χ0) is 15.1. The SMILES string of the molecule is N#CCCSc1ccccc1NC(=O)c1ccnc(F)c1. The second-order valence-electron chi connectivity index (χ2n) is 4.07. The molecule has 1 N–H and O–H groups in total. The maximum Gasteiger partial charge on any atom is 0.255 e. The van der Waals surface area contributed by atoms with Gasteiger partial charge in [-0.15, -0.1) is 11.8 Å². The van der Waals surface area contributed by atoms with Gasteiger partial charge in [0.05, 0.1) is 11.8 Å². The van der Waals surface area contributed by atoms with Gasteiger partial charge < -0.3 is 5.32 Å². The molecule has 0 aliphatic rings. The first kappa shape index (κ1) is 15.0. The molecule has 0 aliphatic heterocycles. The van der Waals surface area contributed by atoms with E-state index in [9.17, 15) is 9.18 Å². The normalized spacial score (nSPS) is 9.90. The van der Waals surface area contributed by atoms with Crippen molar-refractivity contribution in [3.8, 4) is 6.07 Å². The number of para-hydroxylation sites is 1. The highest BCUT2D eigenvalue weighted by Gasteiger charge is 2.10. The van der Waals surface area contributed by atoms with Gasteiger partial charge in [-0.2, -0.15) is 9.65 Å². The van der Waals surface area contributed by atoms with Crippen LogP contribution in [0.4, 0.5) is 10.1 Å². The first-order valence-corrected chi connectivity index (χ1v) is 7.21. The molecule has 0 saturated carbocycles. The Morgan fingerprint density at radius 2 is 2.19 bits per heavy atom. The number of benzene rings is 1. The van der Waals surface area contributed by atoms with Crippen molar-refractivity contribution >= 4 is 23.4 Å². The predicted molar refractivity (Wildman–Crippen MR) is 79.5 cm³/mol. The van der Waals surface area contributed by atoms with E-state index in [0.717, 1.165) is 11.0 Å². The average Bonchev–Trinajstić information content (AvgIpc) is 2.49. The molecule has 4 nitrogen and oxygen atoms in total. The largest absolute Gasteiger partial charge is 0.321 e. The zero-order valence-corrected chi connectivity index (χ0v) is 11.9. The molecule has 2 aromatic rings. The molecule has 106 valence electrons. The summed E-state index contributed by atoms with van der Waals surface area (Å²) in [6, 6.07) is 11.9. The summed E-state index contributed by atoms with van der Waals surface area (Å²) in [7, 11) is 0. The van der Waals surface area contributed by atoms with Crippen LogP contribution in [0.25, 0.3) is 0 Å². The Kier molecular flexibility index (Phi) is 5.29. The highest BCUT2D eigenvalue weighted by Crippen LogP contribution is 2.27. The van der Waals surface area contributed by atoms with Crippen molar-refractivity contribution in [1.82, 2.24) is 4.98 Å². The molecule has 1 aromatic heterocycles. The number of nitriles is 1. The number of hydrogen-bond donors (Lipinski definition) is 1. The molecule has 0 spiro atoms. The number of aromatic nitrogens is 1. The Morgan fingerprint density at radius 3 is 2.95 bits per heavy atom. The van der Waals surface area contributed by atoms with Crippen molar-refractivity contribution in [3.05, 3.63) is 54.1 Å². The molecule has 2 rings (SSSR count). The smallest absolute Gasteiger partial charge is 0.255 e. The van der Waals surface area contributed by atoms with Gasteiger partial charge in [-0.3, -0.25) is 4.79 Å². The van der Waals surface area contributed by atoms with Crippen molar-refractivity contribution in [2.45, 2.75) is 11.3 Å². The molecule has 0 aliphatic carbocycles. The van der Waals surface area contributed by atoms with Crippen LogP contribution in [-0.2, 0) is 0 Å². The minimum Gasteiger partial charge on any atom is -0.321 e. The van der Waals surface area contributed by atoms with Gasteiger partial charge in [-0.1, -0.05) is 12.1 Å². The number of anilines is 1. The average molecular weight is 301 g/mol.